The van der Waals surface area contributed by atoms with Crippen molar-refractivity contribution in [1.29, 1.82) is 0 Å². The highest BCUT2D eigenvalue weighted by atomic mass is 32.2. The highest BCUT2D eigenvalue weighted by molar-refractivity contribution is 7.98. The van der Waals surface area contributed by atoms with Gasteiger partial charge in [-0.15, -0.1) is 23.1 Å². The van der Waals surface area contributed by atoms with Crippen LogP contribution in [0.3, 0.4) is 0 Å². The first-order chi connectivity index (χ1) is 11.5. The SMILES string of the molecule is CSc1ccc(CN(C)C(=O)C[C@@H](NC(C)=O)c2cccs2)cc1. The topological polar surface area (TPSA) is 49.4 Å². The quantitative estimate of drug-likeness (QED) is 0.764. The minimum absolute atomic E-state index is 0.0103. The number of carbonyl (C=O) groups excluding carboxylic acids is 2. The Balaban J connectivity index is 1.98. The van der Waals surface area contributed by atoms with Crippen molar-refractivity contribution in [3.63, 3.8) is 0 Å². The third-order valence-electron chi connectivity index (χ3n) is 3.65. The second-order valence-corrected chi connectivity index (χ2v) is 7.43. The Labute approximate surface area is 151 Å². The third kappa shape index (κ3) is 5.39. The molecule has 0 aliphatic carbocycles. The van der Waals surface area contributed by atoms with Crippen molar-refractivity contribution in [2.24, 2.45) is 0 Å². The largest absolute Gasteiger partial charge is 0.348 e. The van der Waals surface area contributed by atoms with Crippen molar-refractivity contribution in [2.75, 3.05) is 13.3 Å². The number of hydrogen-bond acceptors (Lipinski definition) is 4. The number of hydrogen-bond donors (Lipinski definition) is 1. The Morgan fingerprint density at radius 1 is 1.25 bits per heavy atom. The maximum absolute atomic E-state index is 12.5. The zero-order chi connectivity index (χ0) is 17.5. The van der Waals surface area contributed by atoms with Gasteiger partial charge in [-0.2, -0.15) is 0 Å². The number of nitrogens with one attached hydrogen (secondary N) is 1. The maximum Gasteiger partial charge on any atom is 0.225 e. The van der Waals surface area contributed by atoms with Gasteiger partial charge in [-0.25, -0.2) is 0 Å². The number of rotatable bonds is 7. The molecule has 2 amide bonds. The molecule has 0 saturated heterocycles. The van der Waals surface area contributed by atoms with Crippen LogP contribution in [-0.2, 0) is 16.1 Å². The summed E-state index contributed by atoms with van der Waals surface area (Å²) >= 11 is 3.24. The number of amides is 2. The summed E-state index contributed by atoms with van der Waals surface area (Å²) in [5.41, 5.74) is 1.09. The minimum Gasteiger partial charge on any atom is -0.348 e. The first-order valence-electron chi connectivity index (χ1n) is 7.67. The van der Waals surface area contributed by atoms with Crippen LogP contribution in [0.1, 0.15) is 29.8 Å². The molecule has 2 aromatic rings. The monoisotopic (exact) mass is 362 g/mol. The summed E-state index contributed by atoms with van der Waals surface area (Å²) < 4.78 is 0. The average Bonchev–Trinajstić information content (AvgIpc) is 3.09. The van der Waals surface area contributed by atoms with Gasteiger partial charge in [0.15, 0.2) is 0 Å². The molecule has 0 aliphatic rings. The van der Waals surface area contributed by atoms with Crippen LogP contribution in [0, 0.1) is 0 Å². The molecule has 128 valence electrons. The molecule has 0 bridgehead atoms. The van der Waals surface area contributed by atoms with E-state index in [1.54, 1.807) is 35.0 Å². The zero-order valence-corrected chi connectivity index (χ0v) is 15.7. The summed E-state index contributed by atoms with van der Waals surface area (Å²) in [5.74, 6) is -0.118. The fourth-order valence-electron chi connectivity index (χ4n) is 2.38. The predicted octanol–water partition coefficient (Wildman–Crippen LogP) is 3.70. The normalized spacial score (nSPS) is 11.8. The predicted molar refractivity (Wildman–Crippen MR) is 100 cm³/mol. The van der Waals surface area contributed by atoms with E-state index >= 15 is 0 Å². The first-order valence-corrected chi connectivity index (χ1v) is 9.77. The van der Waals surface area contributed by atoms with Crippen molar-refractivity contribution >= 4 is 34.9 Å². The van der Waals surface area contributed by atoms with E-state index in [2.05, 4.69) is 17.4 Å². The second kappa shape index (κ2) is 8.89. The highest BCUT2D eigenvalue weighted by Crippen LogP contribution is 2.23. The van der Waals surface area contributed by atoms with E-state index < -0.39 is 0 Å². The van der Waals surface area contributed by atoms with Crippen molar-refractivity contribution in [1.82, 2.24) is 10.2 Å². The molecule has 1 N–H and O–H groups in total. The van der Waals surface area contributed by atoms with Gasteiger partial charge >= 0.3 is 0 Å². The summed E-state index contributed by atoms with van der Waals surface area (Å²) in [6.45, 7) is 2.03. The lowest BCUT2D eigenvalue weighted by molar-refractivity contribution is -0.131. The number of nitrogens with zero attached hydrogens (tertiary/aromatic N) is 1. The van der Waals surface area contributed by atoms with Crippen molar-refractivity contribution in [3.05, 3.63) is 52.2 Å². The lowest BCUT2D eigenvalue weighted by Gasteiger charge is -2.22. The molecule has 0 fully saturated rings. The number of thioether (sulfide) groups is 1. The van der Waals surface area contributed by atoms with Gasteiger partial charge < -0.3 is 10.2 Å². The summed E-state index contributed by atoms with van der Waals surface area (Å²) in [6, 6.07) is 11.8. The molecular weight excluding hydrogens is 340 g/mol. The molecule has 24 heavy (non-hydrogen) atoms. The maximum atomic E-state index is 12.5. The van der Waals surface area contributed by atoms with E-state index in [0.29, 0.717) is 6.54 Å². The molecule has 1 atom stereocenters. The van der Waals surface area contributed by atoms with Crippen LogP contribution in [0.15, 0.2) is 46.7 Å². The fourth-order valence-corrected chi connectivity index (χ4v) is 3.57. The molecule has 0 radical (unpaired) electrons. The van der Waals surface area contributed by atoms with Gasteiger partial charge in [-0.1, -0.05) is 18.2 Å². The van der Waals surface area contributed by atoms with E-state index in [0.717, 1.165) is 10.4 Å². The highest BCUT2D eigenvalue weighted by Gasteiger charge is 2.20. The molecule has 1 heterocycles. The van der Waals surface area contributed by atoms with Crippen LogP contribution in [0.2, 0.25) is 0 Å². The number of thiophene rings is 1. The van der Waals surface area contributed by atoms with Crippen molar-refractivity contribution in [3.8, 4) is 0 Å². The minimum atomic E-state index is -0.267. The fraction of sp³-hybridized carbons (Fsp3) is 0.333. The van der Waals surface area contributed by atoms with E-state index in [1.807, 2.05) is 35.9 Å². The lowest BCUT2D eigenvalue weighted by Crippen LogP contribution is -2.33. The molecule has 4 nitrogen and oxygen atoms in total. The number of benzene rings is 1. The van der Waals surface area contributed by atoms with E-state index in [-0.39, 0.29) is 24.3 Å². The van der Waals surface area contributed by atoms with Crippen molar-refractivity contribution < 1.29 is 9.59 Å². The Hall–Kier alpha value is -1.79. The van der Waals surface area contributed by atoms with E-state index in [9.17, 15) is 9.59 Å². The van der Waals surface area contributed by atoms with Crippen LogP contribution in [-0.4, -0.2) is 30.0 Å². The number of carbonyl (C=O) groups is 2. The lowest BCUT2D eigenvalue weighted by atomic mass is 10.1. The summed E-state index contributed by atoms with van der Waals surface area (Å²) in [4.78, 5) is 27.9. The molecule has 2 rings (SSSR count). The second-order valence-electron chi connectivity index (χ2n) is 5.57. The van der Waals surface area contributed by atoms with Crippen LogP contribution in [0.5, 0.6) is 0 Å². The van der Waals surface area contributed by atoms with Gasteiger partial charge in [0.2, 0.25) is 11.8 Å². The molecule has 6 heteroatoms. The average molecular weight is 363 g/mol. The van der Waals surface area contributed by atoms with Gasteiger partial charge in [0.05, 0.1) is 12.5 Å². The molecule has 0 aliphatic heterocycles. The van der Waals surface area contributed by atoms with Gasteiger partial charge in [0.1, 0.15) is 0 Å². The zero-order valence-electron chi connectivity index (χ0n) is 14.1. The smallest absolute Gasteiger partial charge is 0.225 e. The Kier molecular flexibility index (Phi) is 6.87. The van der Waals surface area contributed by atoms with E-state index in [4.69, 9.17) is 0 Å². The summed E-state index contributed by atoms with van der Waals surface area (Å²) in [6.07, 6.45) is 2.30. The van der Waals surface area contributed by atoms with Crippen molar-refractivity contribution in [2.45, 2.75) is 30.8 Å². The Bertz CT molecular complexity index is 669. The Morgan fingerprint density at radius 3 is 2.50 bits per heavy atom. The first kappa shape index (κ1) is 18.5. The molecule has 0 unspecified atom stereocenters. The van der Waals surface area contributed by atoms with Crippen LogP contribution >= 0.6 is 23.1 Å². The Morgan fingerprint density at radius 2 is 1.96 bits per heavy atom. The third-order valence-corrected chi connectivity index (χ3v) is 5.38. The molecule has 1 aromatic carbocycles. The van der Waals surface area contributed by atoms with Gasteiger partial charge in [0, 0.05) is 30.3 Å². The standard InChI is InChI=1S/C18H22N2O2S2/c1-13(21)19-16(17-5-4-10-24-17)11-18(22)20(2)12-14-6-8-15(23-3)9-7-14/h4-10,16H,11-12H2,1-3H3,(H,19,21)/t16-/m1/s1. The summed E-state index contributed by atoms with van der Waals surface area (Å²) in [7, 11) is 1.80. The molecule has 0 saturated carbocycles. The van der Waals surface area contributed by atoms with Crippen LogP contribution in [0.4, 0.5) is 0 Å². The van der Waals surface area contributed by atoms with Crippen LogP contribution < -0.4 is 5.32 Å². The molecular formula is C18H22N2O2S2. The van der Waals surface area contributed by atoms with Gasteiger partial charge in [-0.05, 0) is 35.4 Å². The van der Waals surface area contributed by atoms with Gasteiger partial charge in [-0.3, -0.25) is 9.59 Å². The van der Waals surface area contributed by atoms with Crippen LogP contribution in [0.25, 0.3) is 0 Å². The van der Waals surface area contributed by atoms with E-state index in [1.165, 1.54) is 11.8 Å². The molecule has 0 spiro atoms. The van der Waals surface area contributed by atoms with Gasteiger partial charge in [0.25, 0.3) is 0 Å². The summed E-state index contributed by atoms with van der Waals surface area (Å²) in [5, 5.41) is 4.82. The molecule has 1 aromatic heterocycles.